The fraction of sp³-hybridized carbons (Fsp3) is 1.00. The van der Waals surface area contributed by atoms with Gasteiger partial charge in [0, 0.05) is 32.2 Å². The molecule has 1 fully saturated rings. The van der Waals surface area contributed by atoms with Crippen molar-refractivity contribution >= 4 is 0 Å². The van der Waals surface area contributed by atoms with Gasteiger partial charge in [0.05, 0.1) is 6.10 Å². The van der Waals surface area contributed by atoms with Gasteiger partial charge in [-0.1, -0.05) is 13.8 Å². The summed E-state index contributed by atoms with van der Waals surface area (Å²) in [6.45, 7) is 10.3. The summed E-state index contributed by atoms with van der Waals surface area (Å²) >= 11 is 0. The Kier molecular flexibility index (Phi) is 4.16. The van der Waals surface area contributed by atoms with E-state index in [0.29, 0.717) is 12.0 Å². The maximum absolute atomic E-state index is 9.70. The van der Waals surface area contributed by atoms with Gasteiger partial charge in [0.15, 0.2) is 0 Å². The second-order valence-corrected chi connectivity index (χ2v) is 4.43. The Morgan fingerprint density at radius 3 is 2.77 bits per heavy atom. The van der Waals surface area contributed by atoms with Gasteiger partial charge >= 0.3 is 0 Å². The number of nitrogens with one attached hydrogen (secondary N) is 1. The standard InChI is InChI=1S/C10H22N2O/c1-8(2)10(13)7-12-5-4-11-9(3)6-12/h8-11,13H,4-7H2,1-3H3/t9-,10?/m1/s1. The van der Waals surface area contributed by atoms with Crippen LogP contribution in [0.1, 0.15) is 20.8 Å². The van der Waals surface area contributed by atoms with Crippen molar-refractivity contribution in [2.45, 2.75) is 32.9 Å². The van der Waals surface area contributed by atoms with Crippen LogP contribution in [0.3, 0.4) is 0 Å². The number of hydrogen-bond acceptors (Lipinski definition) is 3. The number of rotatable bonds is 3. The van der Waals surface area contributed by atoms with Gasteiger partial charge in [0.1, 0.15) is 0 Å². The topological polar surface area (TPSA) is 35.5 Å². The van der Waals surface area contributed by atoms with Crippen LogP contribution in [0.4, 0.5) is 0 Å². The normalized spacial score (nSPS) is 27.9. The zero-order valence-corrected chi connectivity index (χ0v) is 8.95. The van der Waals surface area contributed by atoms with Gasteiger partial charge in [-0.25, -0.2) is 0 Å². The summed E-state index contributed by atoms with van der Waals surface area (Å²) < 4.78 is 0. The molecule has 0 saturated carbocycles. The minimum atomic E-state index is -0.176. The quantitative estimate of drug-likeness (QED) is 0.665. The first-order valence-electron chi connectivity index (χ1n) is 5.23. The van der Waals surface area contributed by atoms with Crippen molar-refractivity contribution in [1.82, 2.24) is 10.2 Å². The fourth-order valence-corrected chi connectivity index (χ4v) is 1.65. The van der Waals surface area contributed by atoms with Crippen LogP contribution in [0.15, 0.2) is 0 Å². The molecule has 1 saturated heterocycles. The van der Waals surface area contributed by atoms with E-state index in [1.807, 2.05) is 0 Å². The largest absolute Gasteiger partial charge is 0.392 e. The summed E-state index contributed by atoms with van der Waals surface area (Å²) in [6, 6.07) is 0.563. The zero-order chi connectivity index (χ0) is 9.84. The first kappa shape index (κ1) is 11.0. The van der Waals surface area contributed by atoms with Crippen LogP contribution in [0, 0.1) is 5.92 Å². The van der Waals surface area contributed by atoms with Gasteiger partial charge in [-0.15, -0.1) is 0 Å². The maximum Gasteiger partial charge on any atom is 0.0689 e. The molecule has 0 amide bonds. The molecule has 0 radical (unpaired) electrons. The van der Waals surface area contributed by atoms with E-state index in [2.05, 4.69) is 31.0 Å². The predicted molar refractivity (Wildman–Crippen MR) is 54.7 cm³/mol. The van der Waals surface area contributed by atoms with Crippen LogP contribution in [0.5, 0.6) is 0 Å². The molecule has 0 aromatic carbocycles. The first-order chi connectivity index (χ1) is 6.09. The van der Waals surface area contributed by atoms with Gasteiger partial charge in [-0.3, -0.25) is 4.90 Å². The van der Waals surface area contributed by atoms with Crippen LogP contribution in [0.2, 0.25) is 0 Å². The van der Waals surface area contributed by atoms with Gasteiger partial charge in [-0.2, -0.15) is 0 Å². The summed E-state index contributed by atoms with van der Waals surface area (Å²) in [5.74, 6) is 0.366. The molecule has 1 rings (SSSR count). The van der Waals surface area contributed by atoms with Crippen molar-refractivity contribution in [3.8, 4) is 0 Å². The lowest BCUT2D eigenvalue weighted by atomic mass is 10.1. The van der Waals surface area contributed by atoms with Gasteiger partial charge < -0.3 is 10.4 Å². The molecular formula is C10H22N2O. The number of piperazine rings is 1. The summed E-state index contributed by atoms with van der Waals surface area (Å²) in [6.07, 6.45) is -0.176. The lowest BCUT2D eigenvalue weighted by Gasteiger charge is -2.33. The van der Waals surface area contributed by atoms with E-state index in [1.54, 1.807) is 0 Å². The van der Waals surface area contributed by atoms with E-state index in [9.17, 15) is 5.11 Å². The van der Waals surface area contributed by atoms with Crippen molar-refractivity contribution < 1.29 is 5.11 Å². The zero-order valence-electron chi connectivity index (χ0n) is 8.95. The van der Waals surface area contributed by atoms with Crippen LogP contribution in [0.25, 0.3) is 0 Å². The monoisotopic (exact) mass is 186 g/mol. The summed E-state index contributed by atoms with van der Waals surface area (Å²) in [7, 11) is 0. The van der Waals surface area contributed by atoms with E-state index in [-0.39, 0.29) is 6.10 Å². The molecule has 13 heavy (non-hydrogen) atoms. The highest BCUT2D eigenvalue weighted by molar-refractivity contribution is 4.77. The fourth-order valence-electron chi connectivity index (χ4n) is 1.65. The maximum atomic E-state index is 9.70. The minimum Gasteiger partial charge on any atom is -0.392 e. The highest BCUT2D eigenvalue weighted by Crippen LogP contribution is 2.06. The number of β-amino-alcohol motifs (C(OH)–C–C–N with tert-alkyl or cyclic N) is 1. The third-order valence-electron chi connectivity index (χ3n) is 2.67. The highest BCUT2D eigenvalue weighted by Gasteiger charge is 2.19. The molecule has 3 heteroatoms. The Balaban J connectivity index is 2.27. The molecule has 1 aliphatic rings. The number of nitrogens with zero attached hydrogens (tertiary/aromatic N) is 1. The smallest absolute Gasteiger partial charge is 0.0689 e. The van der Waals surface area contributed by atoms with E-state index < -0.39 is 0 Å². The molecular weight excluding hydrogens is 164 g/mol. The van der Waals surface area contributed by atoms with Crippen molar-refractivity contribution in [3.05, 3.63) is 0 Å². The summed E-state index contributed by atoms with van der Waals surface area (Å²) in [5.41, 5.74) is 0. The molecule has 1 unspecified atom stereocenters. The molecule has 2 N–H and O–H groups in total. The minimum absolute atomic E-state index is 0.176. The summed E-state index contributed by atoms with van der Waals surface area (Å²) in [4.78, 5) is 2.34. The van der Waals surface area contributed by atoms with E-state index >= 15 is 0 Å². The van der Waals surface area contributed by atoms with Crippen molar-refractivity contribution in [2.24, 2.45) is 5.92 Å². The summed E-state index contributed by atoms with van der Waals surface area (Å²) in [5, 5.41) is 13.1. The Labute approximate surface area is 81.1 Å². The number of hydrogen-bond donors (Lipinski definition) is 2. The molecule has 2 atom stereocenters. The lowest BCUT2D eigenvalue weighted by molar-refractivity contribution is 0.0650. The van der Waals surface area contributed by atoms with E-state index in [4.69, 9.17) is 0 Å². The van der Waals surface area contributed by atoms with Gasteiger partial charge in [0.2, 0.25) is 0 Å². The molecule has 0 bridgehead atoms. The van der Waals surface area contributed by atoms with Gasteiger partial charge in [-0.05, 0) is 12.8 Å². The van der Waals surface area contributed by atoms with Crippen molar-refractivity contribution in [3.63, 3.8) is 0 Å². The second-order valence-electron chi connectivity index (χ2n) is 4.43. The Bertz CT molecular complexity index is 150. The third-order valence-corrected chi connectivity index (χ3v) is 2.67. The van der Waals surface area contributed by atoms with Gasteiger partial charge in [0.25, 0.3) is 0 Å². The molecule has 78 valence electrons. The van der Waals surface area contributed by atoms with Crippen LogP contribution >= 0.6 is 0 Å². The second kappa shape index (κ2) is 4.94. The Morgan fingerprint density at radius 1 is 1.54 bits per heavy atom. The molecule has 0 aliphatic carbocycles. The first-order valence-corrected chi connectivity index (χ1v) is 5.23. The average molecular weight is 186 g/mol. The van der Waals surface area contributed by atoms with E-state index in [1.165, 1.54) is 0 Å². The lowest BCUT2D eigenvalue weighted by Crippen LogP contribution is -2.51. The molecule has 0 spiro atoms. The highest BCUT2D eigenvalue weighted by atomic mass is 16.3. The Hall–Kier alpha value is -0.120. The van der Waals surface area contributed by atoms with Crippen molar-refractivity contribution in [2.75, 3.05) is 26.2 Å². The number of aliphatic hydroxyl groups is 1. The predicted octanol–water partition coefficient (Wildman–Crippen LogP) is 0.297. The van der Waals surface area contributed by atoms with Crippen molar-refractivity contribution in [1.29, 1.82) is 0 Å². The molecule has 0 aromatic heterocycles. The Morgan fingerprint density at radius 2 is 2.23 bits per heavy atom. The molecule has 0 aromatic rings. The van der Waals surface area contributed by atoms with E-state index in [0.717, 1.165) is 26.2 Å². The molecule has 1 heterocycles. The average Bonchev–Trinajstić information content (AvgIpc) is 2.04. The SMILES string of the molecule is CC(C)C(O)CN1CCN[C@H](C)C1. The van der Waals surface area contributed by atoms with Crippen LogP contribution in [-0.4, -0.2) is 48.3 Å². The number of aliphatic hydroxyl groups excluding tert-OH is 1. The third kappa shape index (κ3) is 3.63. The molecule has 1 aliphatic heterocycles. The van der Waals surface area contributed by atoms with Crippen LogP contribution in [-0.2, 0) is 0 Å². The van der Waals surface area contributed by atoms with Crippen LogP contribution < -0.4 is 5.32 Å². The molecule has 3 nitrogen and oxygen atoms in total.